The first kappa shape index (κ1) is 23.2. The van der Waals surface area contributed by atoms with Crippen LogP contribution in [0.15, 0.2) is 24.3 Å². The van der Waals surface area contributed by atoms with E-state index in [1.807, 2.05) is 48.7 Å². The third-order valence-electron chi connectivity index (χ3n) is 0.653. The first-order valence-electron chi connectivity index (χ1n) is 5.05. The molecule has 0 rings (SSSR count). The van der Waals surface area contributed by atoms with E-state index in [1.165, 1.54) is 6.08 Å². The number of nitrogens with one attached hydrogen (secondary N) is 1. The SMILES string of the molecule is C=C/C(C)=C\C=O.CC.CC.CNC. The van der Waals surface area contributed by atoms with Crippen LogP contribution in [0.2, 0.25) is 0 Å². The number of hydrogen-bond donors (Lipinski definition) is 1. The first-order chi connectivity index (χ1) is 6.72. The van der Waals surface area contributed by atoms with Crippen LogP contribution < -0.4 is 5.32 Å². The van der Waals surface area contributed by atoms with Gasteiger partial charge in [-0.1, -0.05) is 40.3 Å². The lowest BCUT2D eigenvalue weighted by atomic mass is 10.3. The summed E-state index contributed by atoms with van der Waals surface area (Å²) in [4.78, 5) is 9.65. The van der Waals surface area contributed by atoms with E-state index < -0.39 is 0 Å². The summed E-state index contributed by atoms with van der Waals surface area (Å²) in [5.41, 5.74) is 0.898. The fraction of sp³-hybridized carbons (Fsp3) is 0.583. The number of hydrogen-bond acceptors (Lipinski definition) is 2. The second kappa shape index (κ2) is 40.0. The van der Waals surface area contributed by atoms with Crippen LogP contribution in [0.3, 0.4) is 0 Å². The topological polar surface area (TPSA) is 29.1 Å². The minimum Gasteiger partial charge on any atom is -0.323 e. The summed E-state index contributed by atoms with van der Waals surface area (Å²) in [6.45, 7) is 13.3. The molecule has 14 heavy (non-hydrogen) atoms. The molecule has 0 bridgehead atoms. The minimum absolute atomic E-state index is 0.747. The Bertz CT molecular complexity index is 117. The van der Waals surface area contributed by atoms with Crippen LogP contribution in [-0.4, -0.2) is 20.4 Å². The molecule has 0 radical (unpaired) electrons. The molecule has 0 aliphatic carbocycles. The van der Waals surface area contributed by atoms with E-state index >= 15 is 0 Å². The maximum Gasteiger partial charge on any atom is 0.143 e. The Labute approximate surface area is 90.1 Å². The molecule has 0 aromatic carbocycles. The normalized spacial score (nSPS) is 7.50. The molecule has 0 fully saturated rings. The Kier molecular flexibility index (Phi) is 66.3. The monoisotopic (exact) mass is 201 g/mol. The van der Waals surface area contributed by atoms with Gasteiger partial charge in [-0.25, -0.2) is 0 Å². The van der Waals surface area contributed by atoms with Gasteiger partial charge < -0.3 is 5.32 Å². The molecule has 0 spiro atoms. The van der Waals surface area contributed by atoms with E-state index in [-0.39, 0.29) is 0 Å². The maximum atomic E-state index is 9.65. The van der Waals surface area contributed by atoms with Crippen LogP contribution >= 0.6 is 0 Å². The van der Waals surface area contributed by atoms with Crippen molar-refractivity contribution < 1.29 is 4.79 Å². The molecule has 2 heteroatoms. The Hall–Kier alpha value is -0.890. The summed E-state index contributed by atoms with van der Waals surface area (Å²) in [5, 5.41) is 2.75. The smallest absolute Gasteiger partial charge is 0.143 e. The van der Waals surface area contributed by atoms with Gasteiger partial charge in [0.05, 0.1) is 0 Å². The quantitative estimate of drug-likeness (QED) is 0.422. The first-order valence-corrected chi connectivity index (χ1v) is 5.05. The molecule has 0 aliphatic rings. The predicted molar refractivity (Wildman–Crippen MR) is 67.7 cm³/mol. The Morgan fingerprint density at radius 2 is 1.43 bits per heavy atom. The average molecular weight is 201 g/mol. The van der Waals surface area contributed by atoms with Crippen molar-refractivity contribution in [1.82, 2.24) is 5.32 Å². The van der Waals surface area contributed by atoms with Gasteiger partial charge in [0.25, 0.3) is 0 Å². The molecule has 0 aromatic heterocycles. The largest absolute Gasteiger partial charge is 0.323 e. The second-order valence-corrected chi connectivity index (χ2v) is 1.75. The molecule has 2 nitrogen and oxygen atoms in total. The molecule has 0 unspecified atom stereocenters. The summed E-state index contributed by atoms with van der Waals surface area (Å²) in [6, 6.07) is 0. The fourth-order valence-electron chi connectivity index (χ4n) is 0.175. The zero-order valence-corrected chi connectivity index (χ0v) is 10.8. The van der Waals surface area contributed by atoms with E-state index in [2.05, 4.69) is 11.9 Å². The Balaban J connectivity index is -0.0000000603. The Morgan fingerprint density at radius 3 is 1.50 bits per heavy atom. The van der Waals surface area contributed by atoms with Gasteiger partial charge in [-0.2, -0.15) is 0 Å². The molecular weight excluding hydrogens is 174 g/mol. The molecule has 0 aliphatic heterocycles. The summed E-state index contributed by atoms with van der Waals surface area (Å²) in [5.74, 6) is 0. The van der Waals surface area contributed by atoms with Crippen LogP contribution in [0.5, 0.6) is 0 Å². The molecule has 0 amide bonds. The van der Waals surface area contributed by atoms with Crippen molar-refractivity contribution in [3.8, 4) is 0 Å². The summed E-state index contributed by atoms with van der Waals surface area (Å²) in [6.07, 6.45) is 3.85. The van der Waals surface area contributed by atoms with Crippen LogP contribution in [0.25, 0.3) is 0 Å². The molecule has 0 saturated carbocycles. The van der Waals surface area contributed by atoms with E-state index in [0.717, 1.165) is 11.9 Å². The van der Waals surface area contributed by atoms with E-state index in [9.17, 15) is 4.79 Å². The van der Waals surface area contributed by atoms with Gasteiger partial charge in [0.1, 0.15) is 6.29 Å². The lowest BCUT2D eigenvalue weighted by Gasteiger charge is -1.78. The van der Waals surface area contributed by atoms with Crippen molar-refractivity contribution in [1.29, 1.82) is 0 Å². The van der Waals surface area contributed by atoms with Crippen molar-refractivity contribution in [2.45, 2.75) is 34.6 Å². The van der Waals surface area contributed by atoms with Crippen molar-refractivity contribution in [3.63, 3.8) is 0 Å². The van der Waals surface area contributed by atoms with Crippen molar-refractivity contribution >= 4 is 6.29 Å². The molecule has 0 aromatic rings. The second-order valence-electron chi connectivity index (χ2n) is 1.75. The third kappa shape index (κ3) is 67.2. The number of carbonyl (C=O) groups excluding carboxylic acids is 1. The standard InChI is InChI=1S/C6H8O.C2H7N.2C2H6/c1-3-6(2)4-5-7;1-3-2;2*1-2/h3-5H,1H2,2H3;3H,1-2H3;2*1-2H3/b6-4-;;;. The minimum atomic E-state index is 0.747. The van der Waals surface area contributed by atoms with Crippen LogP contribution in [-0.2, 0) is 4.79 Å². The highest BCUT2D eigenvalue weighted by Crippen LogP contribution is 1.87. The number of aldehydes is 1. The van der Waals surface area contributed by atoms with Gasteiger partial charge in [-0.15, -0.1) is 0 Å². The Morgan fingerprint density at radius 1 is 1.14 bits per heavy atom. The molecular formula is C12H27NO. The number of rotatable bonds is 2. The van der Waals surface area contributed by atoms with Gasteiger partial charge in [0.15, 0.2) is 0 Å². The van der Waals surface area contributed by atoms with Crippen molar-refractivity contribution in [3.05, 3.63) is 24.3 Å². The summed E-state index contributed by atoms with van der Waals surface area (Å²) < 4.78 is 0. The van der Waals surface area contributed by atoms with Gasteiger partial charge in [0, 0.05) is 0 Å². The summed E-state index contributed by atoms with van der Waals surface area (Å²) >= 11 is 0. The molecule has 86 valence electrons. The zero-order chi connectivity index (χ0) is 12.4. The van der Waals surface area contributed by atoms with Gasteiger partial charge in [-0.3, -0.25) is 4.79 Å². The predicted octanol–water partition coefficient (Wildman–Crippen LogP) is 3.21. The van der Waals surface area contributed by atoms with E-state index in [1.54, 1.807) is 6.08 Å². The highest BCUT2D eigenvalue weighted by Gasteiger charge is 1.71. The van der Waals surface area contributed by atoms with Crippen LogP contribution in [0, 0.1) is 0 Å². The fourth-order valence-corrected chi connectivity index (χ4v) is 0.175. The third-order valence-corrected chi connectivity index (χ3v) is 0.653. The molecule has 0 saturated heterocycles. The lowest BCUT2D eigenvalue weighted by molar-refractivity contribution is -0.104. The van der Waals surface area contributed by atoms with Gasteiger partial charge in [-0.05, 0) is 32.7 Å². The van der Waals surface area contributed by atoms with E-state index in [4.69, 9.17) is 0 Å². The molecule has 1 N–H and O–H groups in total. The highest BCUT2D eigenvalue weighted by atomic mass is 16.1. The van der Waals surface area contributed by atoms with Crippen LogP contribution in [0.1, 0.15) is 34.6 Å². The van der Waals surface area contributed by atoms with E-state index in [0.29, 0.717) is 0 Å². The maximum absolute atomic E-state index is 9.65. The zero-order valence-electron chi connectivity index (χ0n) is 10.8. The molecule has 0 atom stereocenters. The molecule has 0 heterocycles. The number of carbonyl (C=O) groups is 1. The van der Waals surface area contributed by atoms with Gasteiger partial charge in [0.2, 0.25) is 0 Å². The van der Waals surface area contributed by atoms with Crippen molar-refractivity contribution in [2.24, 2.45) is 0 Å². The van der Waals surface area contributed by atoms with Crippen molar-refractivity contribution in [2.75, 3.05) is 14.1 Å². The average Bonchev–Trinajstić information content (AvgIpc) is 2.25. The number of allylic oxidation sites excluding steroid dienone is 3. The lowest BCUT2D eigenvalue weighted by Crippen LogP contribution is -1.89. The highest BCUT2D eigenvalue weighted by molar-refractivity contribution is 5.66. The van der Waals surface area contributed by atoms with Crippen LogP contribution in [0.4, 0.5) is 0 Å². The van der Waals surface area contributed by atoms with Gasteiger partial charge >= 0.3 is 0 Å². The summed E-state index contributed by atoms with van der Waals surface area (Å²) in [7, 11) is 3.75.